The Morgan fingerprint density at radius 1 is 0.857 bits per heavy atom. The van der Waals surface area contributed by atoms with Crippen molar-refractivity contribution in [3.8, 4) is 0 Å². The molecular formula is C19H24N2. The quantitative estimate of drug-likeness (QED) is 0.659. The van der Waals surface area contributed by atoms with E-state index < -0.39 is 0 Å². The van der Waals surface area contributed by atoms with E-state index in [9.17, 15) is 0 Å². The monoisotopic (exact) mass is 280 g/mol. The zero-order chi connectivity index (χ0) is 14.8. The highest BCUT2D eigenvalue weighted by molar-refractivity contribution is 5.40. The SMILES string of the molecule is CC(C)c1ccc(C(NN)c2ccc3c(c2)CCC3)cc1. The van der Waals surface area contributed by atoms with E-state index in [0.717, 1.165) is 0 Å². The van der Waals surface area contributed by atoms with Gasteiger partial charge in [-0.25, -0.2) is 5.43 Å². The maximum Gasteiger partial charge on any atom is 0.0710 e. The number of nitrogens with two attached hydrogens (primary N) is 1. The smallest absolute Gasteiger partial charge is 0.0710 e. The Bertz CT molecular complexity index is 614. The Balaban J connectivity index is 1.90. The summed E-state index contributed by atoms with van der Waals surface area (Å²) in [5.41, 5.74) is 9.82. The lowest BCUT2D eigenvalue weighted by atomic mass is 9.94. The van der Waals surface area contributed by atoms with Gasteiger partial charge in [-0.2, -0.15) is 0 Å². The Labute approximate surface area is 127 Å². The van der Waals surface area contributed by atoms with Gasteiger partial charge in [0.25, 0.3) is 0 Å². The molecule has 0 fully saturated rings. The van der Waals surface area contributed by atoms with E-state index in [4.69, 9.17) is 5.84 Å². The Hall–Kier alpha value is -1.64. The van der Waals surface area contributed by atoms with Crippen molar-refractivity contribution < 1.29 is 0 Å². The molecule has 1 aliphatic rings. The minimum absolute atomic E-state index is 0.0668. The Morgan fingerprint density at radius 3 is 2.14 bits per heavy atom. The van der Waals surface area contributed by atoms with E-state index in [1.807, 2.05) is 0 Å². The highest BCUT2D eigenvalue weighted by Crippen LogP contribution is 2.28. The second kappa shape index (κ2) is 6.00. The molecule has 110 valence electrons. The van der Waals surface area contributed by atoms with Gasteiger partial charge >= 0.3 is 0 Å². The zero-order valence-electron chi connectivity index (χ0n) is 12.9. The van der Waals surface area contributed by atoms with Crippen molar-refractivity contribution in [1.82, 2.24) is 5.43 Å². The third-order valence-electron chi connectivity index (χ3n) is 4.56. The molecule has 3 N–H and O–H groups in total. The van der Waals surface area contributed by atoms with Gasteiger partial charge in [0.2, 0.25) is 0 Å². The van der Waals surface area contributed by atoms with Gasteiger partial charge in [0.05, 0.1) is 6.04 Å². The molecule has 1 atom stereocenters. The van der Waals surface area contributed by atoms with E-state index in [0.29, 0.717) is 5.92 Å². The van der Waals surface area contributed by atoms with Crippen LogP contribution >= 0.6 is 0 Å². The molecule has 1 unspecified atom stereocenters. The summed E-state index contributed by atoms with van der Waals surface area (Å²) in [6, 6.07) is 15.7. The molecule has 0 aromatic heterocycles. The number of aryl methyl sites for hydroxylation is 2. The first-order valence-corrected chi connectivity index (χ1v) is 7.86. The van der Waals surface area contributed by atoms with Gasteiger partial charge in [0.15, 0.2) is 0 Å². The number of fused-ring (bicyclic) bond motifs is 1. The fraction of sp³-hybridized carbons (Fsp3) is 0.368. The predicted octanol–water partition coefficient (Wildman–Crippen LogP) is 3.85. The van der Waals surface area contributed by atoms with Crippen LogP contribution in [0.1, 0.15) is 60.0 Å². The van der Waals surface area contributed by atoms with Crippen LogP contribution in [-0.4, -0.2) is 0 Å². The van der Waals surface area contributed by atoms with E-state index in [2.05, 4.69) is 61.7 Å². The van der Waals surface area contributed by atoms with Gasteiger partial charge in [-0.15, -0.1) is 0 Å². The third kappa shape index (κ3) is 2.87. The van der Waals surface area contributed by atoms with Crippen LogP contribution < -0.4 is 11.3 Å². The minimum atomic E-state index is 0.0668. The molecule has 2 heteroatoms. The minimum Gasteiger partial charge on any atom is -0.271 e. The highest BCUT2D eigenvalue weighted by Gasteiger charge is 2.16. The maximum atomic E-state index is 5.83. The molecule has 0 saturated carbocycles. The average molecular weight is 280 g/mol. The molecule has 3 rings (SSSR count). The molecule has 0 heterocycles. The lowest BCUT2D eigenvalue weighted by Crippen LogP contribution is -2.28. The molecule has 2 aromatic carbocycles. The highest BCUT2D eigenvalue weighted by atomic mass is 15.2. The number of benzene rings is 2. The summed E-state index contributed by atoms with van der Waals surface area (Å²) in [7, 11) is 0. The summed E-state index contributed by atoms with van der Waals surface area (Å²) in [4.78, 5) is 0. The largest absolute Gasteiger partial charge is 0.271 e. The Kier molecular flexibility index (Phi) is 4.09. The van der Waals surface area contributed by atoms with Crippen LogP contribution in [0, 0.1) is 0 Å². The summed E-state index contributed by atoms with van der Waals surface area (Å²) in [6.07, 6.45) is 3.70. The van der Waals surface area contributed by atoms with Gasteiger partial charge in [0, 0.05) is 0 Å². The van der Waals surface area contributed by atoms with Crippen LogP contribution in [0.25, 0.3) is 0 Å². The van der Waals surface area contributed by atoms with Crippen LogP contribution in [0.15, 0.2) is 42.5 Å². The molecule has 0 spiro atoms. The van der Waals surface area contributed by atoms with Gasteiger partial charge < -0.3 is 0 Å². The van der Waals surface area contributed by atoms with Crippen molar-refractivity contribution in [1.29, 1.82) is 0 Å². The molecular weight excluding hydrogens is 256 g/mol. The molecule has 1 aliphatic carbocycles. The lowest BCUT2D eigenvalue weighted by Gasteiger charge is -2.19. The predicted molar refractivity (Wildman–Crippen MR) is 88.2 cm³/mol. The van der Waals surface area contributed by atoms with Crippen LogP contribution in [0.3, 0.4) is 0 Å². The third-order valence-corrected chi connectivity index (χ3v) is 4.56. The first-order chi connectivity index (χ1) is 10.2. The van der Waals surface area contributed by atoms with Crippen LogP contribution in [0.5, 0.6) is 0 Å². The van der Waals surface area contributed by atoms with Gasteiger partial charge in [-0.3, -0.25) is 5.84 Å². The van der Waals surface area contributed by atoms with E-state index >= 15 is 0 Å². The summed E-state index contributed by atoms with van der Waals surface area (Å²) >= 11 is 0. The van der Waals surface area contributed by atoms with Crippen molar-refractivity contribution in [2.75, 3.05) is 0 Å². The summed E-state index contributed by atoms with van der Waals surface area (Å²) in [6.45, 7) is 4.43. The fourth-order valence-electron chi connectivity index (χ4n) is 3.23. The number of hydrogen-bond acceptors (Lipinski definition) is 2. The number of rotatable bonds is 4. The molecule has 2 aromatic rings. The molecule has 2 nitrogen and oxygen atoms in total. The van der Waals surface area contributed by atoms with Gasteiger partial charge in [-0.1, -0.05) is 56.3 Å². The standard InChI is InChI=1S/C19H24N2/c1-13(2)14-6-9-16(10-7-14)19(21-20)18-11-8-15-4-3-5-17(15)12-18/h6-13,19,21H,3-5,20H2,1-2H3. The van der Waals surface area contributed by atoms with E-state index in [-0.39, 0.29) is 6.04 Å². The second-order valence-electron chi connectivity index (χ2n) is 6.30. The number of nitrogens with one attached hydrogen (secondary N) is 1. The second-order valence-corrected chi connectivity index (χ2v) is 6.30. The zero-order valence-corrected chi connectivity index (χ0v) is 12.9. The number of hydrogen-bond donors (Lipinski definition) is 2. The first-order valence-electron chi connectivity index (χ1n) is 7.86. The number of hydrazine groups is 1. The molecule has 0 radical (unpaired) electrons. The molecule has 0 aliphatic heterocycles. The van der Waals surface area contributed by atoms with Crippen molar-refractivity contribution in [3.05, 3.63) is 70.3 Å². The normalized spacial score (nSPS) is 15.2. The summed E-state index contributed by atoms with van der Waals surface area (Å²) in [5.74, 6) is 6.39. The summed E-state index contributed by atoms with van der Waals surface area (Å²) in [5, 5.41) is 0. The molecule has 0 saturated heterocycles. The van der Waals surface area contributed by atoms with E-state index in [1.165, 1.54) is 47.1 Å². The van der Waals surface area contributed by atoms with Crippen LogP contribution in [0.4, 0.5) is 0 Å². The van der Waals surface area contributed by atoms with Crippen LogP contribution in [-0.2, 0) is 12.8 Å². The van der Waals surface area contributed by atoms with Crippen molar-refractivity contribution in [2.24, 2.45) is 5.84 Å². The first kappa shape index (κ1) is 14.3. The van der Waals surface area contributed by atoms with E-state index in [1.54, 1.807) is 0 Å². The molecule has 0 bridgehead atoms. The fourth-order valence-corrected chi connectivity index (χ4v) is 3.23. The molecule has 21 heavy (non-hydrogen) atoms. The van der Waals surface area contributed by atoms with Gasteiger partial charge in [0.1, 0.15) is 0 Å². The van der Waals surface area contributed by atoms with Crippen LogP contribution in [0.2, 0.25) is 0 Å². The van der Waals surface area contributed by atoms with Crippen molar-refractivity contribution in [2.45, 2.75) is 45.1 Å². The maximum absolute atomic E-state index is 5.83. The average Bonchev–Trinajstić information content (AvgIpc) is 2.96. The summed E-state index contributed by atoms with van der Waals surface area (Å²) < 4.78 is 0. The van der Waals surface area contributed by atoms with Crippen molar-refractivity contribution in [3.63, 3.8) is 0 Å². The molecule has 0 amide bonds. The van der Waals surface area contributed by atoms with Crippen molar-refractivity contribution >= 4 is 0 Å². The topological polar surface area (TPSA) is 38.0 Å². The Morgan fingerprint density at radius 2 is 1.48 bits per heavy atom. The van der Waals surface area contributed by atoms with Gasteiger partial charge in [-0.05, 0) is 53.0 Å². The lowest BCUT2D eigenvalue weighted by molar-refractivity contribution is 0.635.